The van der Waals surface area contributed by atoms with E-state index in [2.05, 4.69) is 13.8 Å². The predicted molar refractivity (Wildman–Crippen MR) is 54.5 cm³/mol. The Morgan fingerprint density at radius 1 is 1.46 bits per heavy atom. The fourth-order valence-corrected chi connectivity index (χ4v) is 1.88. The van der Waals surface area contributed by atoms with Gasteiger partial charge in [-0.05, 0) is 18.8 Å². The molecule has 0 N–H and O–H groups in total. The summed E-state index contributed by atoms with van der Waals surface area (Å²) < 4.78 is 0. The van der Waals surface area contributed by atoms with Crippen LogP contribution < -0.4 is 0 Å². The van der Waals surface area contributed by atoms with Gasteiger partial charge in [0.15, 0.2) is 0 Å². The van der Waals surface area contributed by atoms with Crippen LogP contribution in [0.15, 0.2) is 0 Å². The normalized spacial score (nSPS) is 23.7. The molecule has 0 spiro atoms. The molecule has 1 atom stereocenters. The first-order chi connectivity index (χ1) is 6.27. The van der Waals surface area contributed by atoms with Gasteiger partial charge < -0.3 is 4.90 Å². The van der Waals surface area contributed by atoms with Crippen molar-refractivity contribution in [1.82, 2.24) is 4.90 Å². The van der Waals surface area contributed by atoms with Crippen LogP contribution in [0.25, 0.3) is 0 Å². The molecule has 0 aromatic heterocycles. The van der Waals surface area contributed by atoms with Crippen molar-refractivity contribution in [3.63, 3.8) is 0 Å². The van der Waals surface area contributed by atoms with E-state index in [0.29, 0.717) is 11.8 Å². The molecule has 2 nitrogen and oxygen atoms in total. The minimum absolute atomic E-state index is 0.381. The van der Waals surface area contributed by atoms with E-state index in [9.17, 15) is 4.79 Å². The number of piperidine rings is 1. The summed E-state index contributed by atoms with van der Waals surface area (Å²) in [4.78, 5) is 13.6. The summed E-state index contributed by atoms with van der Waals surface area (Å²) in [5.41, 5.74) is 0. The first-order valence-corrected chi connectivity index (χ1v) is 5.55. The molecule has 13 heavy (non-hydrogen) atoms. The van der Waals surface area contributed by atoms with Crippen molar-refractivity contribution < 1.29 is 4.79 Å². The maximum Gasteiger partial charge on any atom is 0.222 e. The van der Waals surface area contributed by atoms with Crippen LogP contribution in [0.2, 0.25) is 0 Å². The smallest absolute Gasteiger partial charge is 0.222 e. The molecule has 76 valence electrons. The molecule has 0 aliphatic carbocycles. The Hall–Kier alpha value is -0.530. The molecule has 1 heterocycles. The standard InChI is InChI=1S/C11H21NO/c1-3-5-7-12-8-6-10(4-2)9-11(12)13/h10H,3-9H2,1-2H3. The zero-order valence-corrected chi connectivity index (χ0v) is 8.88. The molecule has 1 unspecified atom stereocenters. The van der Waals surface area contributed by atoms with Crippen LogP contribution >= 0.6 is 0 Å². The largest absolute Gasteiger partial charge is 0.343 e. The average molecular weight is 183 g/mol. The molecule has 1 aliphatic heterocycles. The number of likely N-dealkylation sites (tertiary alicyclic amines) is 1. The lowest BCUT2D eigenvalue weighted by Gasteiger charge is -2.31. The minimum Gasteiger partial charge on any atom is -0.343 e. The predicted octanol–water partition coefficient (Wildman–Crippen LogP) is 2.44. The highest BCUT2D eigenvalue weighted by Gasteiger charge is 2.23. The van der Waals surface area contributed by atoms with Gasteiger partial charge >= 0.3 is 0 Å². The van der Waals surface area contributed by atoms with Crippen molar-refractivity contribution in [2.75, 3.05) is 13.1 Å². The van der Waals surface area contributed by atoms with E-state index < -0.39 is 0 Å². The summed E-state index contributed by atoms with van der Waals surface area (Å²) in [5, 5.41) is 0. The van der Waals surface area contributed by atoms with Gasteiger partial charge in [-0.1, -0.05) is 26.7 Å². The highest BCUT2D eigenvalue weighted by atomic mass is 16.2. The van der Waals surface area contributed by atoms with Crippen LogP contribution in [-0.4, -0.2) is 23.9 Å². The lowest BCUT2D eigenvalue weighted by Crippen LogP contribution is -2.39. The Kier molecular flexibility index (Phi) is 4.26. The average Bonchev–Trinajstić information content (AvgIpc) is 2.16. The number of carbonyl (C=O) groups excluding carboxylic acids is 1. The monoisotopic (exact) mass is 183 g/mol. The van der Waals surface area contributed by atoms with Crippen molar-refractivity contribution in [3.05, 3.63) is 0 Å². The third kappa shape index (κ3) is 3.02. The van der Waals surface area contributed by atoms with Crippen LogP contribution in [-0.2, 0) is 4.79 Å². The van der Waals surface area contributed by atoms with E-state index >= 15 is 0 Å². The van der Waals surface area contributed by atoms with Crippen molar-refractivity contribution in [1.29, 1.82) is 0 Å². The Labute approximate surface area is 81.3 Å². The third-order valence-corrected chi connectivity index (χ3v) is 2.98. The zero-order valence-electron chi connectivity index (χ0n) is 8.88. The highest BCUT2D eigenvalue weighted by Crippen LogP contribution is 2.21. The summed E-state index contributed by atoms with van der Waals surface area (Å²) >= 11 is 0. The van der Waals surface area contributed by atoms with Gasteiger partial charge in [-0.25, -0.2) is 0 Å². The van der Waals surface area contributed by atoms with Gasteiger partial charge in [0.25, 0.3) is 0 Å². The maximum absolute atomic E-state index is 11.6. The molecule has 0 aromatic carbocycles. The first-order valence-electron chi connectivity index (χ1n) is 5.55. The fourth-order valence-electron chi connectivity index (χ4n) is 1.88. The summed E-state index contributed by atoms with van der Waals surface area (Å²) in [6.45, 7) is 6.33. The number of carbonyl (C=O) groups is 1. The second-order valence-corrected chi connectivity index (χ2v) is 4.00. The van der Waals surface area contributed by atoms with Gasteiger partial charge in [-0.2, -0.15) is 0 Å². The lowest BCUT2D eigenvalue weighted by atomic mass is 9.94. The Balaban J connectivity index is 2.31. The number of unbranched alkanes of at least 4 members (excludes halogenated alkanes) is 1. The lowest BCUT2D eigenvalue weighted by molar-refractivity contribution is -0.135. The molecule has 0 aromatic rings. The van der Waals surface area contributed by atoms with Gasteiger partial charge in [0.2, 0.25) is 5.91 Å². The van der Waals surface area contributed by atoms with E-state index in [1.165, 1.54) is 12.8 Å². The zero-order chi connectivity index (χ0) is 9.68. The van der Waals surface area contributed by atoms with Crippen LogP contribution in [0.1, 0.15) is 46.0 Å². The second-order valence-electron chi connectivity index (χ2n) is 4.00. The Morgan fingerprint density at radius 2 is 2.23 bits per heavy atom. The van der Waals surface area contributed by atoms with Gasteiger partial charge in [0.05, 0.1) is 0 Å². The summed E-state index contributed by atoms with van der Waals surface area (Å²) in [6, 6.07) is 0. The Morgan fingerprint density at radius 3 is 2.77 bits per heavy atom. The second kappa shape index (κ2) is 5.25. The molecule has 1 saturated heterocycles. The number of amides is 1. The molecule has 0 radical (unpaired) electrons. The van der Waals surface area contributed by atoms with Crippen molar-refractivity contribution in [2.45, 2.75) is 46.0 Å². The number of rotatable bonds is 4. The number of hydrogen-bond donors (Lipinski definition) is 0. The van der Waals surface area contributed by atoms with Crippen molar-refractivity contribution >= 4 is 5.91 Å². The molecule has 1 amide bonds. The summed E-state index contributed by atoms with van der Waals surface area (Å²) in [5.74, 6) is 1.04. The highest BCUT2D eigenvalue weighted by molar-refractivity contribution is 5.77. The molecule has 1 rings (SSSR count). The van der Waals surface area contributed by atoms with Gasteiger partial charge in [0.1, 0.15) is 0 Å². The molecule has 0 saturated carbocycles. The minimum atomic E-state index is 0.381. The topological polar surface area (TPSA) is 20.3 Å². The Bertz CT molecular complexity index is 167. The fraction of sp³-hybridized carbons (Fsp3) is 0.909. The van der Waals surface area contributed by atoms with Crippen LogP contribution in [0.3, 0.4) is 0 Å². The molecule has 0 bridgehead atoms. The van der Waals surface area contributed by atoms with Crippen LogP contribution in [0.5, 0.6) is 0 Å². The quantitative estimate of drug-likeness (QED) is 0.655. The summed E-state index contributed by atoms with van der Waals surface area (Å²) in [7, 11) is 0. The van der Waals surface area contributed by atoms with Gasteiger partial charge in [0, 0.05) is 19.5 Å². The number of hydrogen-bond acceptors (Lipinski definition) is 1. The molecular weight excluding hydrogens is 162 g/mol. The van der Waals surface area contributed by atoms with E-state index in [-0.39, 0.29) is 0 Å². The summed E-state index contributed by atoms with van der Waals surface area (Å²) in [6.07, 6.45) is 5.50. The van der Waals surface area contributed by atoms with E-state index in [1.807, 2.05) is 4.90 Å². The molecule has 1 fully saturated rings. The van der Waals surface area contributed by atoms with Crippen LogP contribution in [0.4, 0.5) is 0 Å². The third-order valence-electron chi connectivity index (χ3n) is 2.98. The van der Waals surface area contributed by atoms with E-state index in [4.69, 9.17) is 0 Å². The SMILES string of the molecule is CCCCN1CCC(CC)CC1=O. The maximum atomic E-state index is 11.6. The van der Waals surface area contributed by atoms with Crippen molar-refractivity contribution in [3.8, 4) is 0 Å². The van der Waals surface area contributed by atoms with Gasteiger partial charge in [-0.15, -0.1) is 0 Å². The van der Waals surface area contributed by atoms with E-state index in [0.717, 1.165) is 32.4 Å². The molecule has 1 aliphatic rings. The number of nitrogens with zero attached hydrogens (tertiary/aromatic N) is 1. The van der Waals surface area contributed by atoms with Gasteiger partial charge in [-0.3, -0.25) is 4.79 Å². The van der Waals surface area contributed by atoms with E-state index in [1.54, 1.807) is 0 Å². The van der Waals surface area contributed by atoms with Crippen molar-refractivity contribution in [2.24, 2.45) is 5.92 Å². The van der Waals surface area contributed by atoms with Crippen LogP contribution in [0, 0.1) is 5.92 Å². The first kappa shape index (κ1) is 10.6. The molecule has 2 heteroatoms. The molecular formula is C11H21NO.